The average molecular weight is 421 g/mol. The van der Waals surface area contributed by atoms with Crippen molar-refractivity contribution in [2.75, 3.05) is 0 Å². The van der Waals surface area contributed by atoms with Crippen molar-refractivity contribution in [3.8, 4) is 0 Å². The summed E-state index contributed by atoms with van der Waals surface area (Å²) in [4.78, 5) is 47.7. The van der Waals surface area contributed by atoms with Crippen LogP contribution in [-0.2, 0) is 27.9 Å². The van der Waals surface area contributed by atoms with E-state index in [1.54, 1.807) is 54.2 Å². The summed E-state index contributed by atoms with van der Waals surface area (Å²) in [5, 5.41) is 13.0. The number of aryl methyl sites for hydroxylation is 1. The predicted octanol–water partition coefficient (Wildman–Crippen LogP) is 1.41. The van der Waals surface area contributed by atoms with Crippen LogP contribution in [0.4, 0.5) is 0 Å². The molecule has 0 saturated carbocycles. The van der Waals surface area contributed by atoms with Crippen LogP contribution in [0, 0.1) is 0 Å². The summed E-state index contributed by atoms with van der Waals surface area (Å²) < 4.78 is 1.77. The Balaban J connectivity index is 1.85. The van der Waals surface area contributed by atoms with Crippen molar-refractivity contribution >= 4 is 35.4 Å². The lowest BCUT2D eigenvalue weighted by Gasteiger charge is -2.22. The molecule has 0 aliphatic heterocycles. The van der Waals surface area contributed by atoms with E-state index in [2.05, 4.69) is 5.32 Å². The Labute approximate surface area is 178 Å². The third kappa shape index (κ3) is 4.54. The molecule has 1 heterocycles. The van der Waals surface area contributed by atoms with E-state index in [1.807, 2.05) is 12.1 Å². The minimum Gasteiger partial charge on any atom is -0.481 e. The van der Waals surface area contributed by atoms with Crippen molar-refractivity contribution in [3.63, 3.8) is 0 Å². The predicted molar refractivity (Wildman–Crippen MR) is 115 cm³/mol. The van der Waals surface area contributed by atoms with E-state index in [1.165, 1.54) is 0 Å². The molecule has 0 aliphatic rings. The second-order valence-corrected chi connectivity index (χ2v) is 7.33. The van der Waals surface area contributed by atoms with Crippen molar-refractivity contribution in [1.29, 1.82) is 0 Å². The average Bonchev–Trinajstić information content (AvgIpc) is 3.09. The number of nitrogens with zero attached hydrogens (tertiary/aromatic N) is 1. The fraction of sp³-hybridized carbons (Fsp3) is 0.217. The molecule has 2 aromatic carbocycles. The molecule has 1 aromatic heterocycles. The molecule has 160 valence electrons. The number of aliphatic carboxylic acids is 1. The minimum absolute atomic E-state index is 0.0678. The number of amides is 1. The zero-order valence-electron chi connectivity index (χ0n) is 16.9. The maximum absolute atomic E-state index is 12.7. The molecular weight excluding hydrogens is 398 g/mol. The number of hydrogen-bond donors (Lipinski definition) is 3. The van der Waals surface area contributed by atoms with Crippen molar-refractivity contribution in [2.45, 2.75) is 24.4 Å². The van der Waals surface area contributed by atoms with Gasteiger partial charge in [-0.05, 0) is 23.6 Å². The van der Waals surface area contributed by atoms with Gasteiger partial charge in [-0.3, -0.25) is 14.4 Å². The van der Waals surface area contributed by atoms with E-state index < -0.39 is 29.9 Å². The van der Waals surface area contributed by atoms with Crippen LogP contribution >= 0.6 is 0 Å². The SMILES string of the molecule is Cn1cc(C(C(=O)O)[C@@H](C=O)NC(=O)[C@@H](N)Cc2ccccc2C=O)c2ccccc21. The number of rotatable bonds is 9. The van der Waals surface area contributed by atoms with E-state index in [0.29, 0.717) is 34.6 Å². The first-order chi connectivity index (χ1) is 14.9. The molecule has 0 spiro atoms. The highest BCUT2D eigenvalue weighted by atomic mass is 16.4. The Bertz CT molecular complexity index is 1140. The quantitative estimate of drug-likeness (QED) is 0.448. The van der Waals surface area contributed by atoms with Gasteiger partial charge in [0.1, 0.15) is 24.5 Å². The molecule has 3 aromatic rings. The summed E-state index contributed by atoms with van der Waals surface area (Å²) in [5.41, 5.74) is 8.22. The second-order valence-electron chi connectivity index (χ2n) is 7.33. The van der Waals surface area contributed by atoms with Crippen molar-refractivity contribution in [2.24, 2.45) is 12.8 Å². The lowest BCUT2D eigenvalue weighted by molar-refractivity contribution is -0.141. The minimum atomic E-state index is -1.32. The summed E-state index contributed by atoms with van der Waals surface area (Å²) in [6, 6.07) is 11.6. The number of aromatic nitrogens is 1. The maximum atomic E-state index is 12.7. The molecule has 1 unspecified atom stereocenters. The van der Waals surface area contributed by atoms with Crippen LogP contribution in [0.2, 0.25) is 0 Å². The first-order valence-electron chi connectivity index (χ1n) is 9.68. The number of aldehydes is 2. The van der Waals surface area contributed by atoms with Crippen LogP contribution in [-0.4, -0.2) is 46.2 Å². The fourth-order valence-electron chi connectivity index (χ4n) is 3.73. The summed E-state index contributed by atoms with van der Waals surface area (Å²) in [5.74, 6) is -3.21. The van der Waals surface area contributed by atoms with Gasteiger partial charge in [0.25, 0.3) is 0 Å². The molecule has 0 radical (unpaired) electrons. The number of nitrogens with two attached hydrogens (primary N) is 1. The molecule has 3 atom stereocenters. The topological polar surface area (TPSA) is 131 Å². The molecule has 0 fully saturated rings. The number of nitrogens with one attached hydrogen (secondary N) is 1. The fourth-order valence-corrected chi connectivity index (χ4v) is 3.73. The molecule has 8 nitrogen and oxygen atoms in total. The zero-order chi connectivity index (χ0) is 22.5. The van der Waals surface area contributed by atoms with Crippen LogP contribution in [0.5, 0.6) is 0 Å². The van der Waals surface area contributed by atoms with Gasteiger partial charge in [-0.15, -0.1) is 0 Å². The van der Waals surface area contributed by atoms with Gasteiger partial charge in [-0.2, -0.15) is 0 Å². The van der Waals surface area contributed by atoms with Crippen LogP contribution in [0.25, 0.3) is 10.9 Å². The van der Waals surface area contributed by atoms with Crippen LogP contribution in [0.1, 0.15) is 27.4 Å². The van der Waals surface area contributed by atoms with E-state index in [0.717, 1.165) is 5.52 Å². The largest absolute Gasteiger partial charge is 0.481 e. The maximum Gasteiger partial charge on any atom is 0.313 e. The number of para-hydroxylation sites is 1. The summed E-state index contributed by atoms with van der Waals surface area (Å²) >= 11 is 0. The Hall–Kier alpha value is -3.78. The Morgan fingerprint density at radius 3 is 2.48 bits per heavy atom. The molecule has 4 N–H and O–H groups in total. The van der Waals surface area contributed by atoms with Gasteiger partial charge in [-0.25, -0.2) is 0 Å². The molecule has 8 heteroatoms. The van der Waals surface area contributed by atoms with Gasteiger partial charge in [0.2, 0.25) is 5.91 Å². The highest BCUT2D eigenvalue weighted by Crippen LogP contribution is 2.29. The highest BCUT2D eigenvalue weighted by Gasteiger charge is 2.34. The third-order valence-electron chi connectivity index (χ3n) is 5.30. The van der Waals surface area contributed by atoms with Gasteiger partial charge < -0.3 is 25.5 Å². The number of carboxylic acid groups (broad SMARTS) is 1. The number of carbonyl (C=O) groups excluding carboxylic acids is 3. The number of benzene rings is 2. The van der Waals surface area contributed by atoms with Crippen LogP contribution in [0.3, 0.4) is 0 Å². The monoisotopic (exact) mass is 421 g/mol. The van der Waals surface area contributed by atoms with Gasteiger partial charge in [0.05, 0.1) is 6.04 Å². The lowest BCUT2D eigenvalue weighted by Crippen LogP contribution is -2.50. The summed E-state index contributed by atoms with van der Waals surface area (Å²) in [6.45, 7) is 0. The molecule has 1 amide bonds. The van der Waals surface area contributed by atoms with Gasteiger partial charge >= 0.3 is 5.97 Å². The van der Waals surface area contributed by atoms with Crippen molar-refractivity contribution in [1.82, 2.24) is 9.88 Å². The molecule has 0 saturated heterocycles. The Kier molecular flexibility index (Phi) is 6.61. The van der Waals surface area contributed by atoms with E-state index in [9.17, 15) is 24.3 Å². The summed E-state index contributed by atoms with van der Waals surface area (Å²) in [7, 11) is 1.78. The van der Waals surface area contributed by atoms with Crippen LogP contribution < -0.4 is 11.1 Å². The van der Waals surface area contributed by atoms with Gasteiger partial charge in [-0.1, -0.05) is 42.5 Å². The smallest absolute Gasteiger partial charge is 0.313 e. The lowest BCUT2D eigenvalue weighted by atomic mass is 9.91. The van der Waals surface area contributed by atoms with Gasteiger partial charge in [0.15, 0.2) is 0 Å². The first-order valence-corrected chi connectivity index (χ1v) is 9.68. The first kappa shape index (κ1) is 21.9. The normalized spacial score (nSPS) is 13.9. The molecular formula is C23H23N3O5. The van der Waals surface area contributed by atoms with Crippen LogP contribution in [0.15, 0.2) is 54.7 Å². The number of carbonyl (C=O) groups is 4. The van der Waals surface area contributed by atoms with E-state index >= 15 is 0 Å². The standard InChI is InChI=1S/C23H23N3O5/c1-26-11-17(16-8-4-5-9-20(16)26)21(23(30)31)19(13-28)25-22(29)18(24)10-14-6-2-3-7-15(14)12-27/h2-9,11-13,18-19,21H,10,24H2,1H3,(H,25,29)(H,30,31)/t18-,19+,21?/m0/s1. The second kappa shape index (κ2) is 9.36. The number of fused-ring (bicyclic) bond motifs is 1. The van der Waals surface area contributed by atoms with E-state index in [-0.39, 0.29) is 6.42 Å². The zero-order valence-corrected chi connectivity index (χ0v) is 16.9. The van der Waals surface area contributed by atoms with Gasteiger partial charge in [0, 0.05) is 29.7 Å². The molecule has 0 aliphatic carbocycles. The Morgan fingerprint density at radius 1 is 1.13 bits per heavy atom. The third-order valence-corrected chi connectivity index (χ3v) is 5.30. The van der Waals surface area contributed by atoms with Crippen molar-refractivity contribution in [3.05, 3.63) is 71.4 Å². The molecule has 0 bridgehead atoms. The molecule has 3 rings (SSSR count). The summed E-state index contributed by atoms with van der Waals surface area (Å²) in [6.07, 6.45) is 2.80. The number of carboxylic acids is 1. The number of hydrogen-bond acceptors (Lipinski definition) is 5. The Morgan fingerprint density at radius 2 is 1.81 bits per heavy atom. The highest BCUT2D eigenvalue weighted by molar-refractivity contribution is 5.94. The van der Waals surface area contributed by atoms with Crippen molar-refractivity contribution < 1.29 is 24.3 Å². The van der Waals surface area contributed by atoms with E-state index in [4.69, 9.17) is 5.73 Å². The molecule has 31 heavy (non-hydrogen) atoms.